The van der Waals surface area contributed by atoms with Gasteiger partial charge in [0.1, 0.15) is 11.8 Å². The summed E-state index contributed by atoms with van der Waals surface area (Å²) >= 11 is 6.11. The van der Waals surface area contributed by atoms with Crippen molar-refractivity contribution in [3.05, 3.63) is 52.8 Å². The fourth-order valence-corrected chi connectivity index (χ4v) is 2.48. The van der Waals surface area contributed by atoms with Crippen LogP contribution in [0.1, 0.15) is 24.1 Å². The number of ether oxygens (including phenoxy) is 2. The second-order valence-corrected chi connectivity index (χ2v) is 5.40. The number of hydrogen-bond donors (Lipinski definition) is 2. The van der Waals surface area contributed by atoms with Gasteiger partial charge in [-0.15, -0.1) is 0 Å². The lowest BCUT2D eigenvalue weighted by Crippen LogP contribution is -2.18. The van der Waals surface area contributed by atoms with Crippen molar-refractivity contribution in [3.8, 4) is 11.5 Å². The predicted molar refractivity (Wildman–Crippen MR) is 90.1 cm³/mol. The number of pyridine rings is 1. The van der Waals surface area contributed by atoms with Crippen molar-refractivity contribution in [3.63, 3.8) is 0 Å². The molecule has 0 amide bonds. The van der Waals surface area contributed by atoms with Crippen LogP contribution >= 0.6 is 11.6 Å². The Balaban J connectivity index is 2.01. The fourth-order valence-electron chi connectivity index (χ4n) is 2.20. The monoisotopic (exact) mass is 336 g/mol. The molecule has 124 valence electrons. The molecule has 0 saturated heterocycles. The maximum Gasteiger partial charge on any atom is 0.161 e. The molecular weight excluding hydrogens is 316 g/mol. The summed E-state index contributed by atoms with van der Waals surface area (Å²) in [4.78, 5) is 4.09. The fraction of sp³-hybridized carbons (Fsp3) is 0.353. The zero-order valence-electron chi connectivity index (χ0n) is 13.3. The third-order valence-corrected chi connectivity index (χ3v) is 3.76. The Hall–Kier alpha value is -1.82. The molecule has 1 aromatic carbocycles. The van der Waals surface area contributed by atoms with Crippen LogP contribution in [0.25, 0.3) is 0 Å². The summed E-state index contributed by atoms with van der Waals surface area (Å²) in [6.07, 6.45) is 1.68. The summed E-state index contributed by atoms with van der Waals surface area (Å²) in [5.41, 5.74) is 2.02. The van der Waals surface area contributed by atoms with Crippen molar-refractivity contribution >= 4 is 11.6 Å². The van der Waals surface area contributed by atoms with Gasteiger partial charge in [-0.3, -0.25) is 0 Å². The molecule has 23 heavy (non-hydrogen) atoms. The van der Waals surface area contributed by atoms with Crippen molar-refractivity contribution in [1.82, 2.24) is 10.3 Å². The molecule has 2 rings (SSSR count). The molecule has 1 aromatic heterocycles. The lowest BCUT2D eigenvalue weighted by Gasteiger charge is -2.16. The highest BCUT2D eigenvalue weighted by Crippen LogP contribution is 2.28. The molecule has 1 unspecified atom stereocenters. The Morgan fingerprint density at radius 3 is 2.83 bits per heavy atom. The lowest BCUT2D eigenvalue weighted by atomic mass is 10.1. The largest absolute Gasteiger partial charge is 0.493 e. The van der Waals surface area contributed by atoms with Gasteiger partial charge >= 0.3 is 0 Å². The number of nitrogens with zero attached hydrogens (tertiary/aromatic N) is 1. The van der Waals surface area contributed by atoms with Crippen molar-refractivity contribution in [2.75, 3.05) is 20.3 Å². The molecule has 1 heterocycles. The summed E-state index contributed by atoms with van der Waals surface area (Å²) in [6, 6.07) is 9.62. The Bertz CT molecular complexity index is 637. The van der Waals surface area contributed by atoms with Gasteiger partial charge in [-0.25, -0.2) is 4.98 Å². The standard InChI is InChI=1S/C17H21ClN2O3/c1-12(14-4-3-7-19-17(14)18)20-11-13-5-6-15(23-9-8-21)16(10-13)22-2/h3-7,10,12,20-21H,8-9,11H2,1-2H3. The maximum absolute atomic E-state index is 8.83. The molecule has 0 aliphatic heterocycles. The molecule has 0 spiro atoms. The smallest absolute Gasteiger partial charge is 0.161 e. The van der Waals surface area contributed by atoms with E-state index in [0.29, 0.717) is 23.2 Å². The quantitative estimate of drug-likeness (QED) is 0.726. The van der Waals surface area contributed by atoms with E-state index in [1.165, 1.54) is 0 Å². The summed E-state index contributed by atoms with van der Waals surface area (Å²) < 4.78 is 10.7. The summed E-state index contributed by atoms with van der Waals surface area (Å²) in [5.74, 6) is 1.26. The molecule has 0 aliphatic rings. The predicted octanol–water partition coefficient (Wildman–Crippen LogP) is 2.97. The molecule has 2 aromatic rings. The van der Waals surface area contributed by atoms with Crippen LogP contribution in [-0.2, 0) is 6.54 Å². The minimum absolute atomic E-state index is 0.0319. The minimum atomic E-state index is -0.0319. The second-order valence-electron chi connectivity index (χ2n) is 5.04. The van der Waals surface area contributed by atoms with Crippen LogP contribution in [0.3, 0.4) is 0 Å². The van der Waals surface area contributed by atoms with E-state index in [2.05, 4.69) is 10.3 Å². The van der Waals surface area contributed by atoms with E-state index < -0.39 is 0 Å². The Labute approximate surface area is 141 Å². The van der Waals surface area contributed by atoms with Gasteiger partial charge in [0.25, 0.3) is 0 Å². The first kappa shape index (κ1) is 17.5. The molecular formula is C17H21ClN2O3. The van der Waals surface area contributed by atoms with Gasteiger partial charge in [-0.05, 0) is 30.7 Å². The van der Waals surface area contributed by atoms with Gasteiger partial charge in [0.05, 0.1) is 13.7 Å². The topological polar surface area (TPSA) is 63.6 Å². The molecule has 5 nitrogen and oxygen atoms in total. The number of rotatable bonds is 8. The van der Waals surface area contributed by atoms with Gasteiger partial charge in [0.2, 0.25) is 0 Å². The second kappa shape index (κ2) is 8.72. The minimum Gasteiger partial charge on any atom is -0.493 e. The number of aromatic nitrogens is 1. The zero-order valence-corrected chi connectivity index (χ0v) is 14.0. The Morgan fingerprint density at radius 2 is 2.13 bits per heavy atom. The third-order valence-electron chi connectivity index (χ3n) is 3.44. The molecule has 0 aliphatic carbocycles. The van der Waals surface area contributed by atoms with Gasteiger partial charge < -0.3 is 19.9 Å². The van der Waals surface area contributed by atoms with Crippen LogP contribution in [0.5, 0.6) is 11.5 Å². The van der Waals surface area contributed by atoms with Crippen molar-refractivity contribution < 1.29 is 14.6 Å². The molecule has 1 atom stereocenters. The lowest BCUT2D eigenvalue weighted by molar-refractivity contribution is 0.196. The maximum atomic E-state index is 8.83. The third kappa shape index (κ3) is 4.82. The van der Waals surface area contributed by atoms with E-state index in [1.54, 1.807) is 13.3 Å². The van der Waals surface area contributed by atoms with E-state index in [0.717, 1.165) is 11.1 Å². The molecule has 2 N–H and O–H groups in total. The highest BCUT2D eigenvalue weighted by molar-refractivity contribution is 6.30. The number of hydrogen-bond acceptors (Lipinski definition) is 5. The van der Waals surface area contributed by atoms with Crippen molar-refractivity contribution in [2.24, 2.45) is 0 Å². The summed E-state index contributed by atoms with van der Waals surface area (Å²) in [5, 5.41) is 12.8. The number of aliphatic hydroxyl groups is 1. The number of halogens is 1. The first-order chi connectivity index (χ1) is 11.2. The summed E-state index contributed by atoms with van der Waals surface area (Å²) in [6.45, 7) is 2.90. The molecule has 0 fully saturated rings. The van der Waals surface area contributed by atoms with E-state index in [1.807, 2.05) is 37.3 Å². The van der Waals surface area contributed by atoms with Crippen LogP contribution in [0.15, 0.2) is 36.5 Å². The first-order valence-electron chi connectivity index (χ1n) is 7.40. The van der Waals surface area contributed by atoms with E-state index in [9.17, 15) is 0 Å². The highest BCUT2D eigenvalue weighted by Gasteiger charge is 2.11. The average molecular weight is 337 g/mol. The van der Waals surface area contributed by atoms with Crippen LogP contribution in [0.4, 0.5) is 0 Å². The van der Waals surface area contributed by atoms with Gasteiger partial charge in [-0.1, -0.05) is 23.7 Å². The molecule has 0 radical (unpaired) electrons. The van der Waals surface area contributed by atoms with E-state index >= 15 is 0 Å². The highest BCUT2D eigenvalue weighted by atomic mass is 35.5. The molecule has 0 saturated carbocycles. The van der Waals surface area contributed by atoms with Crippen LogP contribution in [0.2, 0.25) is 5.15 Å². The first-order valence-corrected chi connectivity index (χ1v) is 7.78. The summed E-state index contributed by atoms with van der Waals surface area (Å²) in [7, 11) is 1.59. The van der Waals surface area contributed by atoms with Crippen LogP contribution in [-0.4, -0.2) is 30.4 Å². The molecule has 0 bridgehead atoms. The van der Waals surface area contributed by atoms with Crippen LogP contribution in [0, 0.1) is 0 Å². The zero-order chi connectivity index (χ0) is 16.7. The van der Waals surface area contributed by atoms with E-state index in [-0.39, 0.29) is 19.3 Å². The number of benzene rings is 1. The molecule has 6 heteroatoms. The van der Waals surface area contributed by atoms with Crippen LogP contribution < -0.4 is 14.8 Å². The van der Waals surface area contributed by atoms with Crippen molar-refractivity contribution in [2.45, 2.75) is 19.5 Å². The Morgan fingerprint density at radius 1 is 1.30 bits per heavy atom. The Kier molecular flexibility index (Phi) is 6.65. The SMILES string of the molecule is COc1cc(CNC(C)c2cccnc2Cl)ccc1OCCO. The number of methoxy groups -OCH3 is 1. The van der Waals surface area contributed by atoms with Gasteiger partial charge in [0, 0.05) is 24.3 Å². The number of aliphatic hydroxyl groups excluding tert-OH is 1. The average Bonchev–Trinajstić information content (AvgIpc) is 2.58. The van der Waals surface area contributed by atoms with Gasteiger partial charge in [-0.2, -0.15) is 0 Å². The normalized spacial score (nSPS) is 12.0. The number of nitrogens with one attached hydrogen (secondary N) is 1. The van der Waals surface area contributed by atoms with E-state index in [4.69, 9.17) is 26.2 Å². The van der Waals surface area contributed by atoms with Gasteiger partial charge in [0.15, 0.2) is 11.5 Å². The van der Waals surface area contributed by atoms with Crippen molar-refractivity contribution in [1.29, 1.82) is 0 Å².